The van der Waals surface area contributed by atoms with E-state index in [1.165, 1.54) is 24.4 Å². The van der Waals surface area contributed by atoms with Crippen molar-refractivity contribution in [1.29, 1.82) is 0 Å². The van der Waals surface area contributed by atoms with Crippen molar-refractivity contribution in [2.75, 3.05) is 0 Å². The number of aliphatic hydroxyl groups is 1. The van der Waals surface area contributed by atoms with Crippen LogP contribution >= 0.6 is 0 Å². The first-order chi connectivity index (χ1) is 19.8. The molecule has 3 aromatic carbocycles. The van der Waals surface area contributed by atoms with Crippen molar-refractivity contribution < 1.29 is 15.1 Å². The third-order valence-electron chi connectivity index (χ3n) is 8.47. The molecule has 0 heterocycles. The van der Waals surface area contributed by atoms with E-state index in [0.717, 1.165) is 33.4 Å². The van der Waals surface area contributed by atoms with Crippen LogP contribution in [0.2, 0.25) is 0 Å². The maximum absolute atomic E-state index is 13.2. The van der Waals surface area contributed by atoms with Crippen molar-refractivity contribution in [2.45, 2.75) is 123 Å². The molecule has 0 aliphatic carbocycles. The monoisotopic (exact) mass is 600 g/mol. The van der Waals surface area contributed by atoms with Crippen LogP contribution in [0.1, 0.15) is 129 Å². The Labute approximate surface area is 264 Å². The van der Waals surface area contributed by atoms with Gasteiger partial charge in [-0.1, -0.05) is 119 Å². The number of nitro groups is 1. The topological polar surface area (TPSA) is 96.0 Å². The normalized spacial score (nSPS) is 14.2. The summed E-state index contributed by atoms with van der Waals surface area (Å²) in [6, 6.07) is 15.9. The Balaban J connectivity index is 2.44. The summed E-state index contributed by atoms with van der Waals surface area (Å²) < 4.78 is 0. The van der Waals surface area contributed by atoms with E-state index in [2.05, 4.69) is 119 Å². The zero-order valence-electron chi connectivity index (χ0n) is 29.0. The highest BCUT2D eigenvalue weighted by atomic mass is 16.6. The van der Waals surface area contributed by atoms with Crippen LogP contribution in [0.25, 0.3) is 0 Å². The van der Waals surface area contributed by atoms with Crippen LogP contribution in [0.4, 0.5) is 5.69 Å². The van der Waals surface area contributed by atoms with Gasteiger partial charge in [0, 0.05) is 23.9 Å². The van der Waals surface area contributed by atoms with Gasteiger partial charge in [0.1, 0.15) is 11.4 Å². The van der Waals surface area contributed by atoms with Crippen LogP contribution in [0.15, 0.2) is 59.6 Å². The van der Waals surface area contributed by atoms with Gasteiger partial charge in [-0.3, -0.25) is 15.1 Å². The molecule has 0 saturated carbocycles. The molecular formula is C38H52N2O4. The van der Waals surface area contributed by atoms with Gasteiger partial charge >= 0.3 is 0 Å². The molecular weight excluding hydrogens is 548 g/mol. The number of aromatic hydroxyl groups is 1. The zero-order valence-corrected chi connectivity index (χ0v) is 29.0. The average molecular weight is 601 g/mol. The molecule has 0 radical (unpaired) electrons. The molecule has 0 bridgehead atoms. The number of rotatable bonds is 6. The Morgan fingerprint density at radius 1 is 0.659 bits per heavy atom. The highest BCUT2D eigenvalue weighted by Gasteiger charge is 2.41. The fourth-order valence-electron chi connectivity index (χ4n) is 5.14. The minimum absolute atomic E-state index is 0.121. The van der Waals surface area contributed by atoms with Gasteiger partial charge in [0.05, 0.1) is 11.0 Å². The number of phenolic OH excluding ortho intramolecular Hbond substituents is 1. The number of nitrogens with zero attached hydrogens (tertiary/aromatic N) is 2. The Kier molecular flexibility index (Phi) is 9.36. The van der Waals surface area contributed by atoms with Crippen molar-refractivity contribution in [3.63, 3.8) is 0 Å². The highest BCUT2D eigenvalue weighted by molar-refractivity contribution is 5.84. The van der Waals surface area contributed by atoms with Crippen LogP contribution in [-0.2, 0) is 27.3 Å². The van der Waals surface area contributed by atoms with E-state index in [1.54, 1.807) is 0 Å². The maximum Gasteiger partial charge on any atom is 0.270 e. The molecule has 2 N–H and O–H groups in total. The summed E-state index contributed by atoms with van der Waals surface area (Å²) >= 11 is 0. The van der Waals surface area contributed by atoms with Gasteiger partial charge in [-0.2, -0.15) is 0 Å². The minimum atomic E-state index is -1.57. The number of phenols is 1. The van der Waals surface area contributed by atoms with Crippen molar-refractivity contribution in [1.82, 2.24) is 0 Å². The van der Waals surface area contributed by atoms with Crippen LogP contribution in [0.3, 0.4) is 0 Å². The molecule has 0 saturated heterocycles. The van der Waals surface area contributed by atoms with Crippen molar-refractivity contribution in [2.24, 2.45) is 4.99 Å². The second kappa shape index (κ2) is 11.8. The molecule has 3 rings (SSSR count). The number of non-ortho nitro benzene ring substituents is 1. The second-order valence-corrected chi connectivity index (χ2v) is 16.3. The van der Waals surface area contributed by atoms with Crippen molar-refractivity contribution in [3.05, 3.63) is 104 Å². The number of aliphatic imine (C=N–C) groups is 1. The standard InChI is InChI=1S/C38H52N2O4/c1-24(39-23-25-16-32(40(43)44)14-15-33(25)41)38(42,30-19-26(34(2,3)4)17-27(20-30)35(5,6)7)31-21-28(36(8,9)10)18-29(22-31)37(11,12)13/h14-24,41-42H,1-13H3. The fourth-order valence-corrected chi connectivity index (χ4v) is 5.14. The van der Waals surface area contributed by atoms with Gasteiger partial charge in [0.2, 0.25) is 0 Å². The Bertz CT molecular complexity index is 1420. The van der Waals surface area contributed by atoms with E-state index in [1.807, 2.05) is 6.92 Å². The quantitative estimate of drug-likeness (QED) is 0.167. The second-order valence-electron chi connectivity index (χ2n) is 16.3. The summed E-state index contributed by atoms with van der Waals surface area (Å²) in [6.45, 7) is 27.9. The Morgan fingerprint density at radius 2 is 1.00 bits per heavy atom. The molecule has 6 nitrogen and oxygen atoms in total. The van der Waals surface area contributed by atoms with Gasteiger partial charge in [0.15, 0.2) is 0 Å². The first-order valence-corrected chi connectivity index (χ1v) is 15.4. The molecule has 0 aromatic heterocycles. The van der Waals surface area contributed by atoms with Gasteiger partial charge in [0.25, 0.3) is 5.69 Å². The molecule has 238 valence electrons. The van der Waals surface area contributed by atoms with E-state index < -0.39 is 16.6 Å². The lowest BCUT2D eigenvalue weighted by atomic mass is 9.71. The smallest absolute Gasteiger partial charge is 0.270 e. The van der Waals surface area contributed by atoms with Crippen molar-refractivity contribution in [3.8, 4) is 5.75 Å². The third kappa shape index (κ3) is 7.58. The Hall–Kier alpha value is -3.51. The lowest BCUT2D eigenvalue weighted by Crippen LogP contribution is -2.39. The van der Waals surface area contributed by atoms with Crippen LogP contribution in [0, 0.1) is 10.1 Å². The molecule has 1 unspecified atom stereocenters. The summed E-state index contributed by atoms with van der Waals surface area (Å²) in [5.74, 6) is -0.121. The summed E-state index contributed by atoms with van der Waals surface area (Å²) in [5.41, 5.74) is 3.66. The lowest BCUT2D eigenvalue weighted by molar-refractivity contribution is -0.384. The van der Waals surface area contributed by atoms with E-state index in [4.69, 9.17) is 4.99 Å². The first kappa shape index (κ1) is 35.0. The largest absolute Gasteiger partial charge is 0.507 e. The number of hydrogen-bond donors (Lipinski definition) is 2. The lowest BCUT2D eigenvalue weighted by Gasteiger charge is -2.38. The van der Waals surface area contributed by atoms with E-state index in [-0.39, 0.29) is 38.7 Å². The molecule has 1 atom stereocenters. The van der Waals surface area contributed by atoms with E-state index >= 15 is 0 Å². The summed E-state index contributed by atoms with van der Waals surface area (Å²) in [5, 5.41) is 35.1. The van der Waals surface area contributed by atoms with Crippen LogP contribution in [-0.4, -0.2) is 27.4 Å². The zero-order chi connectivity index (χ0) is 33.6. The average Bonchev–Trinajstić information content (AvgIpc) is 2.89. The molecule has 6 heteroatoms. The minimum Gasteiger partial charge on any atom is -0.507 e. The van der Waals surface area contributed by atoms with E-state index in [0.29, 0.717) is 0 Å². The van der Waals surface area contributed by atoms with E-state index in [9.17, 15) is 20.3 Å². The molecule has 0 aliphatic rings. The Morgan fingerprint density at radius 3 is 1.32 bits per heavy atom. The molecule has 3 aromatic rings. The predicted molar refractivity (Wildman–Crippen MR) is 182 cm³/mol. The predicted octanol–water partition coefficient (Wildman–Crippen LogP) is 9.23. The van der Waals surface area contributed by atoms with Crippen LogP contribution < -0.4 is 0 Å². The summed E-state index contributed by atoms with van der Waals surface area (Å²) in [7, 11) is 0. The summed E-state index contributed by atoms with van der Waals surface area (Å²) in [6.07, 6.45) is 1.43. The molecule has 44 heavy (non-hydrogen) atoms. The van der Waals surface area contributed by atoms with Gasteiger partial charge in [-0.05, 0) is 68.0 Å². The van der Waals surface area contributed by atoms with Gasteiger partial charge < -0.3 is 10.2 Å². The summed E-state index contributed by atoms with van der Waals surface area (Å²) in [4.78, 5) is 15.7. The number of nitro benzene ring substituents is 1. The van der Waals surface area contributed by atoms with Crippen molar-refractivity contribution >= 4 is 11.9 Å². The molecule has 0 aliphatic heterocycles. The highest BCUT2D eigenvalue weighted by Crippen LogP contribution is 2.42. The molecule has 0 spiro atoms. The van der Waals surface area contributed by atoms with Gasteiger partial charge in [-0.25, -0.2) is 0 Å². The SMILES string of the molecule is CC(N=Cc1cc([N+](=O)[O-])ccc1O)C(O)(c1cc(C(C)(C)C)cc(C(C)(C)C)c1)c1cc(C(C)(C)C)cc(C(C)(C)C)c1. The third-order valence-corrected chi connectivity index (χ3v) is 8.47. The fraction of sp³-hybridized carbons (Fsp3) is 0.500. The molecule has 0 amide bonds. The molecule has 0 fully saturated rings. The maximum atomic E-state index is 13.2. The number of benzene rings is 3. The van der Waals surface area contributed by atoms with Gasteiger partial charge in [-0.15, -0.1) is 0 Å². The van der Waals surface area contributed by atoms with Crippen LogP contribution in [0.5, 0.6) is 5.75 Å². The first-order valence-electron chi connectivity index (χ1n) is 15.4. The number of hydrogen-bond acceptors (Lipinski definition) is 5.